The second kappa shape index (κ2) is 7.42. The smallest absolute Gasteiger partial charge is 0.395 e. The Balaban J connectivity index is 2.02. The van der Waals surface area contributed by atoms with E-state index in [2.05, 4.69) is 5.32 Å². The monoisotopic (exact) mass is 309 g/mol. The van der Waals surface area contributed by atoms with E-state index in [9.17, 15) is 18.3 Å². The van der Waals surface area contributed by atoms with Crippen LogP contribution in [0.2, 0.25) is 0 Å². The van der Waals surface area contributed by atoms with Gasteiger partial charge in [-0.15, -0.1) is 0 Å². The lowest BCUT2D eigenvalue weighted by molar-refractivity contribution is -0.138. The highest BCUT2D eigenvalue weighted by atomic mass is 19.4. The minimum Gasteiger partial charge on any atom is -0.395 e. The summed E-state index contributed by atoms with van der Waals surface area (Å²) in [7, 11) is 0. The van der Waals surface area contributed by atoms with Crippen molar-refractivity contribution in [3.05, 3.63) is 71.3 Å². The highest BCUT2D eigenvalue weighted by Gasteiger charge is 2.32. The number of aliphatic hydroxyl groups is 1. The lowest BCUT2D eigenvalue weighted by Gasteiger charge is -2.18. The van der Waals surface area contributed by atoms with Gasteiger partial charge in [-0.3, -0.25) is 0 Å². The van der Waals surface area contributed by atoms with Crippen LogP contribution in [-0.4, -0.2) is 17.8 Å². The molecule has 0 aromatic heterocycles. The predicted octanol–water partition coefficient (Wildman–Crippen LogP) is 3.40. The van der Waals surface area contributed by atoms with Crippen molar-refractivity contribution in [3.63, 3.8) is 0 Å². The van der Waals surface area contributed by atoms with E-state index in [1.54, 1.807) is 6.07 Å². The molecule has 0 fully saturated rings. The molecule has 1 atom stereocenters. The van der Waals surface area contributed by atoms with Crippen molar-refractivity contribution < 1.29 is 18.3 Å². The van der Waals surface area contributed by atoms with E-state index in [1.165, 1.54) is 12.1 Å². The van der Waals surface area contributed by atoms with E-state index >= 15 is 0 Å². The highest BCUT2D eigenvalue weighted by molar-refractivity contribution is 5.29. The van der Waals surface area contributed by atoms with Crippen LogP contribution in [0.15, 0.2) is 54.6 Å². The fourth-order valence-corrected chi connectivity index (χ4v) is 2.31. The number of halogens is 3. The van der Waals surface area contributed by atoms with Gasteiger partial charge in [0.25, 0.3) is 0 Å². The van der Waals surface area contributed by atoms with Crippen LogP contribution in [0.5, 0.6) is 0 Å². The molecule has 0 heterocycles. The van der Waals surface area contributed by atoms with Gasteiger partial charge in [0.1, 0.15) is 0 Å². The summed E-state index contributed by atoms with van der Waals surface area (Å²) >= 11 is 0. The van der Waals surface area contributed by atoms with Crippen molar-refractivity contribution >= 4 is 0 Å². The van der Waals surface area contributed by atoms with E-state index in [1.807, 2.05) is 30.3 Å². The SMILES string of the molecule is OC[C@H](Cc1ccccc1)NCc1ccccc1C(F)(F)F. The molecule has 0 amide bonds. The maximum absolute atomic E-state index is 12.9. The Morgan fingerprint density at radius 1 is 0.955 bits per heavy atom. The van der Waals surface area contributed by atoms with Crippen LogP contribution in [0.3, 0.4) is 0 Å². The van der Waals surface area contributed by atoms with Crippen molar-refractivity contribution in [2.45, 2.75) is 25.2 Å². The van der Waals surface area contributed by atoms with Crippen LogP contribution in [0.4, 0.5) is 13.2 Å². The second-order valence-electron chi connectivity index (χ2n) is 5.11. The van der Waals surface area contributed by atoms with Gasteiger partial charge < -0.3 is 10.4 Å². The molecule has 118 valence electrons. The Kier molecular flexibility index (Phi) is 5.57. The fraction of sp³-hybridized carbons (Fsp3) is 0.294. The summed E-state index contributed by atoms with van der Waals surface area (Å²) in [4.78, 5) is 0. The van der Waals surface area contributed by atoms with Crippen LogP contribution < -0.4 is 5.32 Å². The number of aliphatic hydroxyl groups excluding tert-OH is 1. The number of nitrogens with one attached hydrogen (secondary N) is 1. The molecule has 2 N–H and O–H groups in total. The molecule has 5 heteroatoms. The molecule has 2 aromatic rings. The summed E-state index contributed by atoms with van der Waals surface area (Å²) < 4.78 is 38.8. The average molecular weight is 309 g/mol. The van der Waals surface area contributed by atoms with Crippen molar-refractivity contribution in [1.29, 1.82) is 0 Å². The summed E-state index contributed by atoms with van der Waals surface area (Å²) in [6, 6.07) is 14.7. The zero-order valence-corrected chi connectivity index (χ0v) is 12.0. The van der Waals surface area contributed by atoms with Crippen LogP contribution in [0, 0.1) is 0 Å². The molecule has 2 nitrogen and oxygen atoms in total. The normalized spacial score (nSPS) is 13.1. The largest absolute Gasteiger partial charge is 0.416 e. The number of hydrogen-bond acceptors (Lipinski definition) is 2. The molecule has 0 radical (unpaired) electrons. The summed E-state index contributed by atoms with van der Waals surface area (Å²) in [5.41, 5.74) is 0.568. The highest BCUT2D eigenvalue weighted by Crippen LogP contribution is 2.31. The Morgan fingerprint density at radius 2 is 1.59 bits per heavy atom. The number of alkyl halides is 3. The van der Waals surface area contributed by atoms with Gasteiger partial charge in [0.15, 0.2) is 0 Å². The van der Waals surface area contributed by atoms with Crippen molar-refractivity contribution in [3.8, 4) is 0 Å². The molecular formula is C17H18F3NO. The molecule has 2 aromatic carbocycles. The van der Waals surface area contributed by atoms with E-state index in [0.717, 1.165) is 11.6 Å². The topological polar surface area (TPSA) is 32.3 Å². The first-order valence-electron chi connectivity index (χ1n) is 7.04. The summed E-state index contributed by atoms with van der Waals surface area (Å²) in [6.45, 7) is -0.0726. The Morgan fingerprint density at radius 3 is 2.23 bits per heavy atom. The Labute approximate surface area is 127 Å². The zero-order chi connectivity index (χ0) is 16.0. The van der Waals surface area contributed by atoms with Gasteiger partial charge in [-0.25, -0.2) is 0 Å². The lowest BCUT2D eigenvalue weighted by atomic mass is 10.0. The molecule has 0 saturated carbocycles. The first-order chi connectivity index (χ1) is 10.5. The van der Waals surface area contributed by atoms with Gasteiger partial charge in [-0.2, -0.15) is 13.2 Å². The molecule has 0 unspecified atom stereocenters. The summed E-state index contributed by atoms with van der Waals surface area (Å²) in [5.74, 6) is 0. The molecule has 0 aliphatic heterocycles. The van der Waals surface area contributed by atoms with Crippen LogP contribution in [-0.2, 0) is 19.1 Å². The van der Waals surface area contributed by atoms with Crippen LogP contribution in [0.1, 0.15) is 16.7 Å². The molecule has 0 spiro atoms. The number of rotatable bonds is 6. The molecule has 0 saturated heterocycles. The van der Waals surface area contributed by atoms with E-state index < -0.39 is 11.7 Å². The first kappa shape index (κ1) is 16.5. The first-order valence-corrected chi connectivity index (χ1v) is 7.04. The summed E-state index contributed by atoms with van der Waals surface area (Å²) in [6.07, 6.45) is -3.81. The molecule has 0 aliphatic carbocycles. The third-order valence-electron chi connectivity index (χ3n) is 3.45. The third kappa shape index (κ3) is 4.58. The standard InChI is InChI=1S/C17H18F3NO/c18-17(19,20)16-9-5-4-8-14(16)11-21-15(12-22)10-13-6-2-1-3-7-13/h1-9,15,21-22H,10-12H2/t15-/m0/s1. The Hall–Kier alpha value is -1.85. The molecule has 2 rings (SSSR count). The number of hydrogen-bond donors (Lipinski definition) is 2. The van der Waals surface area contributed by atoms with Gasteiger partial charge in [-0.05, 0) is 23.6 Å². The van der Waals surface area contributed by atoms with Crippen LogP contribution in [0.25, 0.3) is 0 Å². The predicted molar refractivity (Wildman–Crippen MR) is 79.3 cm³/mol. The molecular weight excluding hydrogens is 291 g/mol. The van der Waals surface area contributed by atoms with E-state index in [0.29, 0.717) is 6.42 Å². The van der Waals surface area contributed by atoms with Crippen molar-refractivity contribution in [1.82, 2.24) is 5.32 Å². The molecule has 0 aliphatic rings. The fourth-order valence-electron chi connectivity index (χ4n) is 2.31. The lowest BCUT2D eigenvalue weighted by Crippen LogP contribution is -2.34. The minimum absolute atomic E-state index is 0.0632. The van der Waals surface area contributed by atoms with Gasteiger partial charge in [-0.1, -0.05) is 48.5 Å². The number of benzene rings is 2. The zero-order valence-electron chi connectivity index (χ0n) is 12.0. The molecule has 22 heavy (non-hydrogen) atoms. The quantitative estimate of drug-likeness (QED) is 0.857. The van der Waals surface area contributed by atoms with Gasteiger partial charge in [0, 0.05) is 12.6 Å². The third-order valence-corrected chi connectivity index (χ3v) is 3.45. The molecule has 0 bridgehead atoms. The maximum atomic E-state index is 12.9. The van der Waals surface area contributed by atoms with Crippen LogP contribution >= 0.6 is 0 Å². The van der Waals surface area contributed by atoms with Crippen molar-refractivity contribution in [2.24, 2.45) is 0 Å². The van der Waals surface area contributed by atoms with Gasteiger partial charge in [0.2, 0.25) is 0 Å². The minimum atomic E-state index is -4.37. The van der Waals surface area contributed by atoms with Gasteiger partial charge in [0.05, 0.1) is 12.2 Å². The second-order valence-corrected chi connectivity index (χ2v) is 5.11. The summed E-state index contributed by atoms with van der Waals surface area (Å²) in [5, 5.41) is 12.4. The van der Waals surface area contributed by atoms with Crippen molar-refractivity contribution in [2.75, 3.05) is 6.61 Å². The Bertz CT molecular complexity index is 584. The van der Waals surface area contributed by atoms with E-state index in [4.69, 9.17) is 0 Å². The average Bonchev–Trinajstić information content (AvgIpc) is 2.52. The van der Waals surface area contributed by atoms with E-state index in [-0.39, 0.29) is 24.8 Å². The maximum Gasteiger partial charge on any atom is 0.416 e. The van der Waals surface area contributed by atoms with Gasteiger partial charge >= 0.3 is 6.18 Å².